The van der Waals surface area contributed by atoms with Crippen molar-refractivity contribution in [3.05, 3.63) is 58.8 Å². The molecular weight excluding hydrogens is 261 g/mol. The van der Waals surface area contributed by atoms with Crippen LogP contribution in [0.4, 0.5) is 4.39 Å². The summed E-state index contributed by atoms with van der Waals surface area (Å²) in [5.74, 6) is -0.811. The molecule has 2 aromatic rings. The minimum Gasteiger partial charge on any atom is -0.478 e. The van der Waals surface area contributed by atoms with Crippen molar-refractivity contribution in [1.82, 2.24) is 4.90 Å². The lowest BCUT2D eigenvalue weighted by molar-refractivity contribution is 0.0696. The molecule has 1 heterocycles. The number of rotatable bonds is 5. The van der Waals surface area contributed by atoms with E-state index < -0.39 is 11.8 Å². The molecule has 0 bridgehead atoms. The van der Waals surface area contributed by atoms with Crippen LogP contribution in [-0.2, 0) is 13.1 Å². The van der Waals surface area contributed by atoms with Crippen LogP contribution < -0.4 is 0 Å². The van der Waals surface area contributed by atoms with E-state index in [1.807, 2.05) is 24.9 Å². The zero-order chi connectivity index (χ0) is 14.7. The van der Waals surface area contributed by atoms with Crippen LogP contribution in [0.2, 0.25) is 0 Å². The van der Waals surface area contributed by atoms with Gasteiger partial charge in [-0.25, -0.2) is 9.18 Å². The number of hydrogen-bond donors (Lipinski definition) is 1. The van der Waals surface area contributed by atoms with Crippen molar-refractivity contribution in [2.75, 3.05) is 7.05 Å². The molecule has 1 aromatic carbocycles. The van der Waals surface area contributed by atoms with Gasteiger partial charge in [0.1, 0.15) is 11.6 Å². The van der Waals surface area contributed by atoms with Gasteiger partial charge in [0, 0.05) is 18.7 Å². The van der Waals surface area contributed by atoms with E-state index in [9.17, 15) is 9.18 Å². The van der Waals surface area contributed by atoms with Gasteiger partial charge in [-0.3, -0.25) is 4.90 Å². The Morgan fingerprint density at radius 3 is 2.70 bits per heavy atom. The molecule has 0 fully saturated rings. The number of aryl methyl sites for hydroxylation is 1. The number of carboxylic acids is 1. The Labute approximate surface area is 116 Å². The van der Waals surface area contributed by atoms with Crippen LogP contribution >= 0.6 is 0 Å². The van der Waals surface area contributed by atoms with Gasteiger partial charge in [0.2, 0.25) is 0 Å². The maximum atomic E-state index is 13.4. The van der Waals surface area contributed by atoms with Crippen LogP contribution in [0.3, 0.4) is 0 Å². The number of nitrogens with zero attached hydrogens (tertiary/aromatic N) is 1. The topological polar surface area (TPSA) is 53.7 Å². The predicted octanol–water partition coefficient (Wildman–Crippen LogP) is 3.06. The molecule has 0 amide bonds. The monoisotopic (exact) mass is 277 g/mol. The van der Waals surface area contributed by atoms with Crippen molar-refractivity contribution in [2.45, 2.75) is 20.0 Å². The summed E-state index contributed by atoms with van der Waals surface area (Å²) in [6.07, 6.45) is 1.63. The minimum absolute atomic E-state index is 0.0344. The molecule has 0 saturated heterocycles. The fourth-order valence-corrected chi connectivity index (χ4v) is 2.10. The smallest absolute Gasteiger partial charge is 0.335 e. The standard InChI is InChI=1S/C15H16FNO3/c1-10-12(3-4-20-10)9-17(2)8-11-5-13(15(18)19)7-14(16)6-11/h3-7H,8-9H2,1-2H3,(H,18,19). The molecule has 2 rings (SSSR count). The average Bonchev–Trinajstić information content (AvgIpc) is 2.74. The first-order valence-electron chi connectivity index (χ1n) is 6.20. The zero-order valence-corrected chi connectivity index (χ0v) is 11.4. The Morgan fingerprint density at radius 1 is 1.35 bits per heavy atom. The second-order valence-corrected chi connectivity index (χ2v) is 4.83. The lowest BCUT2D eigenvalue weighted by atomic mass is 10.1. The van der Waals surface area contributed by atoms with E-state index >= 15 is 0 Å². The zero-order valence-electron chi connectivity index (χ0n) is 11.4. The summed E-state index contributed by atoms with van der Waals surface area (Å²) in [5.41, 5.74) is 1.65. The number of halogens is 1. The summed E-state index contributed by atoms with van der Waals surface area (Å²) in [6.45, 7) is 3.00. The number of furan rings is 1. The minimum atomic E-state index is -1.13. The van der Waals surface area contributed by atoms with Crippen molar-refractivity contribution in [1.29, 1.82) is 0 Å². The Bertz CT molecular complexity index is 621. The summed E-state index contributed by atoms with van der Waals surface area (Å²) in [5, 5.41) is 8.92. The quantitative estimate of drug-likeness (QED) is 0.912. The lowest BCUT2D eigenvalue weighted by Gasteiger charge is -2.16. The Morgan fingerprint density at radius 2 is 2.10 bits per heavy atom. The van der Waals surface area contributed by atoms with Crippen LogP contribution in [0, 0.1) is 12.7 Å². The van der Waals surface area contributed by atoms with Gasteiger partial charge in [0.25, 0.3) is 0 Å². The van der Waals surface area contributed by atoms with Gasteiger partial charge in [-0.1, -0.05) is 0 Å². The van der Waals surface area contributed by atoms with E-state index in [4.69, 9.17) is 9.52 Å². The highest BCUT2D eigenvalue weighted by atomic mass is 19.1. The van der Waals surface area contributed by atoms with E-state index in [2.05, 4.69) is 0 Å². The van der Waals surface area contributed by atoms with Crippen molar-refractivity contribution >= 4 is 5.97 Å². The predicted molar refractivity (Wildman–Crippen MR) is 72.0 cm³/mol. The summed E-state index contributed by atoms with van der Waals surface area (Å²) >= 11 is 0. The van der Waals surface area contributed by atoms with Crippen molar-refractivity contribution in [3.63, 3.8) is 0 Å². The molecule has 0 spiro atoms. The first-order chi connectivity index (χ1) is 9.45. The number of aromatic carboxylic acids is 1. The molecule has 0 aliphatic heterocycles. The van der Waals surface area contributed by atoms with E-state index in [0.717, 1.165) is 17.4 Å². The highest BCUT2D eigenvalue weighted by Gasteiger charge is 2.10. The third-order valence-electron chi connectivity index (χ3n) is 3.06. The average molecular weight is 277 g/mol. The van der Waals surface area contributed by atoms with E-state index in [1.165, 1.54) is 12.1 Å². The molecule has 4 nitrogen and oxygen atoms in total. The molecule has 106 valence electrons. The van der Waals surface area contributed by atoms with Crippen LogP contribution in [0.15, 0.2) is 34.9 Å². The molecule has 0 atom stereocenters. The largest absolute Gasteiger partial charge is 0.478 e. The SMILES string of the molecule is Cc1occc1CN(C)Cc1cc(F)cc(C(=O)O)c1. The number of carboxylic acid groups (broad SMARTS) is 1. The Hall–Kier alpha value is -2.14. The van der Waals surface area contributed by atoms with Gasteiger partial charge in [-0.2, -0.15) is 0 Å². The van der Waals surface area contributed by atoms with Gasteiger partial charge < -0.3 is 9.52 Å². The molecule has 1 N–H and O–H groups in total. The first kappa shape index (κ1) is 14.3. The van der Waals surface area contributed by atoms with Gasteiger partial charge in [-0.05, 0) is 43.8 Å². The third-order valence-corrected chi connectivity index (χ3v) is 3.06. The summed E-state index contributed by atoms with van der Waals surface area (Å²) in [4.78, 5) is 12.9. The molecule has 0 radical (unpaired) electrons. The molecule has 5 heteroatoms. The molecule has 0 saturated carbocycles. The third kappa shape index (κ3) is 3.45. The molecule has 0 aliphatic carbocycles. The van der Waals surface area contributed by atoms with E-state index in [1.54, 1.807) is 6.26 Å². The van der Waals surface area contributed by atoms with E-state index in [0.29, 0.717) is 18.7 Å². The number of hydrogen-bond acceptors (Lipinski definition) is 3. The Balaban J connectivity index is 2.09. The summed E-state index contributed by atoms with van der Waals surface area (Å²) < 4.78 is 18.6. The van der Waals surface area contributed by atoms with Crippen LogP contribution in [0.5, 0.6) is 0 Å². The van der Waals surface area contributed by atoms with Crippen molar-refractivity contribution < 1.29 is 18.7 Å². The van der Waals surface area contributed by atoms with Gasteiger partial charge in [-0.15, -0.1) is 0 Å². The number of benzene rings is 1. The maximum absolute atomic E-state index is 13.4. The first-order valence-corrected chi connectivity index (χ1v) is 6.20. The second-order valence-electron chi connectivity index (χ2n) is 4.83. The Kier molecular flexibility index (Phi) is 4.20. The lowest BCUT2D eigenvalue weighted by Crippen LogP contribution is -2.17. The van der Waals surface area contributed by atoms with Crippen LogP contribution in [0.1, 0.15) is 27.2 Å². The van der Waals surface area contributed by atoms with Gasteiger partial charge in [0.15, 0.2) is 0 Å². The van der Waals surface area contributed by atoms with E-state index in [-0.39, 0.29) is 5.56 Å². The normalized spacial score (nSPS) is 11.0. The molecule has 20 heavy (non-hydrogen) atoms. The van der Waals surface area contributed by atoms with Crippen LogP contribution in [0.25, 0.3) is 0 Å². The van der Waals surface area contributed by atoms with Gasteiger partial charge >= 0.3 is 5.97 Å². The highest BCUT2D eigenvalue weighted by Crippen LogP contribution is 2.15. The fourth-order valence-electron chi connectivity index (χ4n) is 2.10. The molecule has 0 unspecified atom stereocenters. The highest BCUT2D eigenvalue weighted by molar-refractivity contribution is 5.87. The summed E-state index contributed by atoms with van der Waals surface area (Å²) in [7, 11) is 1.89. The number of carbonyl (C=O) groups is 1. The van der Waals surface area contributed by atoms with Gasteiger partial charge in [0.05, 0.1) is 11.8 Å². The summed E-state index contributed by atoms with van der Waals surface area (Å²) in [6, 6.07) is 5.75. The van der Waals surface area contributed by atoms with Crippen molar-refractivity contribution in [3.8, 4) is 0 Å². The molecule has 0 aliphatic rings. The fraction of sp³-hybridized carbons (Fsp3) is 0.267. The second kappa shape index (κ2) is 5.88. The maximum Gasteiger partial charge on any atom is 0.335 e. The van der Waals surface area contributed by atoms with Crippen LogP contribution in [-0.4, -0.2) is 23.0 Å². The molecular formula is C15H16FNO3. The van der Waals surface area contributed by atoms with Crippen molar-refractivity contribution in [2.24, 2.45) is 0 Å². The molecule has 1 aromatic heterocycles.